The van der Waals surface area contributed by atoms with Crippen molar-refractivity contribution in [2.75, 3.05) is 0 Å². The Morgan fingerprint density at radius 3 is 2.48 bits per heavy atom. The fourth-order valence-electron chi connectivity index (χ4n) is 3.25. The van der Waals surface area contributed by atoms with E-state index in [-0.39, 0.29) is 6.54 Å². The van der Waals surface area contributed by atoms with E-state index in [0.717, 1.165) is 33.9 Å². The molecule has 5 nitrogen and oxygen atoms in total. The predicted octanol–water partition coefficient (Wildman–Crippen LogP) is 4.86. The molecule has 3 aromatic carbocycles. The first-order valence-corrected chi connectivity index (χ1v) is 9.13. The van der Waals surface area contributed by atoms with Crippen molar-refractivity contribution in [1.29, 1.82) is 0 Å². The third-order valence-electron chi connectivity index (χ3n) is 4.69. The molecule has 0 aliphatic heterocycles. The largest absolute Gasteiger partial charge is 0.309 e. The lowest BCUT2D eigenvalue weighted by molar-refractivity contribution is 0.506. The molecular weight excluding hydrogens is 374 g/mol. The Bertz CT molecular complexity index is 1170. The molecule has 1 heterocycles. The second kappa shape index (κ2) is 8.28. The molecule has 0 fully saturated rings. The highest BCUT2D eigenvalue weighted by atomic mass is 19.2. The van der Waals surface area contributed by atoms with Gasteiger partial charge in [-0.25, -0.2) is 13.8 Å². The Hall–Kier alpha value is -3.45. The zero-order valence-corrected chi connectivity index (χ0v) is 15.5. The molecule has 146 valence electrons. The molecule has 0 aliphatic carbocycles. The van der Waals surface area contributed by atoms with Gasteiger partial charge in [0.25, 0.3) is 0 Å². The van der Waals surface area contributed by atoms with Crippen LogP contribution in [0, 0.1) is 16.5 Å². The summed E-state index contributed by atoms with van der Waals surface area (Å²) in [5.74, 6) is -1.69. The van der Waals surface area contributed by atoms with Crippen molar-refractivity contribution < 1.29 is 8.78 Å². The van der Waals surface area contributed by atoms with Gasteiger partial charge in [0.2, 0.25) is 0 Å². The quantitative estimate of drug-likeness (QED) is 0.457. The van der Waals surface area contributed by atoms with Crippen molar-refractivity contribution in [3.05, 3.63) is 100 Å². The smallest absolute Gasteiger partial charge is 0.159 e. The molecule has 0 saturated heterocycles. The number of hydrogen-bond acceptors (Lipinski definition) is 4. The minimum atomic E-state index is -0.844. The minimum Gasteiger partial charge on any atom is -0.309 e. The Balaban J connectivity index is 1.49. The SMILES string of the molecule is O=NCc1ccc2c(c1)ncn2-c1cccc(CNCc2ccc(F)c(F)c2)c1. The maximum absolute atomic E-state index is 13.3. The first-order valence-electron chi connectivity index (χ1n) is 9.13. The Morgan fingerprint density at radius 2 is 1.69 bits per heavy atom. The summed E-state index contributed by atoms with van der Waals surface area (Å²) in [5, 5.41) is 6.16. The molecule has 29 heavy (non-hydrogen) atoms. The summed E-state index contributed by atoms with van der Waals surface area (Å²) in [4.78, 5) is 14.9. The summed E-state index contributed by atoms with van der Waals surface area (Å²) < 4.78 is 28.3. The lowest BCUT2D eigenvalue weighted by atomic mass is 10.1. The zero-order chi connectivity index (χ0) is 20.2. The normalized spacial score (nSPS) is 11.1. The topological polar surface area (TPSA) is 59.3 Å². The van der Waals surface area contributed by atoms with Crippen molar-refractivity contribution in [3.63, 3.8) is 0 Å². The molecule has 1 aromatic heterocycles. The van der Waals surface area contributed by atoms with Gasteiger partial charge in [0.15, 0.2) is 11.6 Å². The molecule has 0 aliphatic rings. The number of nitrogens with zero attached hydrogens (tertiary/aromatic N) is 3. The van der Waals surface area contributed by atoms with Crippen LogP contribution in [-0.2, 0) is 19.6 Å². The van der Waals surface area contributed by atoms with Crippen LogP contribution in [0.1, 0.15) is 16.7 Å². The Kier molecular flexibility index (Phi) is 5.39. The van der Waals surface area contributed by atoms with Gasteiger partial charge in [-0.3, -0.25) is 4.57 Å². The number of imidazole rings is 1. The van der Waals surface area contributed by atoms with Gasteiger partial charge in [0.05, 0.1) is 11.0 Å². The summed E-state index contributed by atoms with van der Waals surface area (Å²) in [6.07, 6.45) is 1.75. The van der Waals surface area contributed by atoms with Crippen LogP contribution in [0.15, 0.2) is 72.2 Å². The number of nitroso groups, excluding NO2 is 1. The lowest BCUT2D eigenvalue weighted by Gasteiger charge is -2.09. The fraction of sp³-hybridized carbons (Fsp3) is 0.136. The molecule has 0 bridgehead atoms. The second-order valence-corrected chi connectivity index (χ2v) is 6.75. The summed E-state index contributed by atoms with van der Waals surface area (Å²) in [6.45, 7) is 1.14. The van der Waals surface area contributed by atoms with Crippen LogP contribution in [0.25, 0.3) is 16.7 Å². The van der Waals surface area contributed by atoms with E-state index in [1.54, 1.807) is 12.4 Å². The summed E-state index contributed by atoms with van der Waals surface area (Å²) in [7, 11) is 0. The number of halogens is 2. The van der Waals surface area contributed by atoms with Crippen LogP contribution in [0.2, 0.25) is 0 Å². The number of fused-ring (bicyclic) bond motifs is 1. The van der Waals surface area contributed by atoms with Gasteiger partial charge in [-0.2, -0.15) is 4.91 Å². The molecule has 0 spiro atoms. The molecule has 1 N–H and O–H groups in total. The van der Waals surface area contributed by atoms with Crippen LogP contribution in [0.5, 0.6) is 0 Å². The standard InChI is InChI=1S/C22H18F2N4O/c23-19-6-4-16(9-20(19)24)12-25-11-15-2-1-3-18(8-15)28-14-26-21-10-17(13-27-29)5-7-22(21)28/h1-10,14,25H,11-13H2. The molecule has 4 rings (SSSR count). The van der Waals surface area contributed by atoms with Crippen molar-refractivity contribution in [3.8, 4) is 5.69 Å². The molecular formula is C22H18F2N4O. The number of nitrogens with one attached hydrogen (secondary N) is 1. The van der Waals surface area contributed by atoms with Crippen LogP contribution in [-0.4, -0.2) is 9.55 Å². The highest BCUT2D eigenvalue weighted by Crippen LogP contribution is 2.21. The number of aromatic nitrogens is 2. The number of benzene rings is 3. The van der Waals surface area contributed by atoms with E-state index in [9.17, 15) is 13.7 Å². The molecule has 0 amide bonds. The third-order valence-corrected chi connectivity index (χ3v) is 4.69. The summed E-state index contributed by atoms with van der Waals surface area (Å²) >= 11 is 0. The van der Waals surface area contributed by atoms with E-state index in [1.165, 1.54) is 6.07 Å². The van der Waals surface area contributed by atoms with E-state index >= 15 is 0 Å². The van der Waals surface area contributed by atoms with Crippen molar-refractivity contribution in [2.24, 2.45) is 5.18 Å². The van der Waals surface area contributed by atoms with Crippen molar-refractivity contribution in [1.82, 2.24) is 14.9 Å². The van der Waals surface area contributed by atoms with E-state index in [1.807, 2.05) is 47.0 Å². The molecule has 0 saturated carbocycles. The first kappa shape index (κ1) is 18.9. The van der Waals surface area contributed by atoms with Gasteiger partial charge in [0.1, 0.15) is 12.9 Å². The molecule has 0 atom stereocenters. The van der Waals surface area contributed by atoms with E-state index in [4.69, 9.17) is 0 Å². The number of rotatable bonds is 7. The summed E-state index contributed by atoms with van der Waals surface area (Å²) in [6, 6.07) is 17.5. The van der Waals surface area contributed by atoms with Gasteiger partial charge >= 0.3 is 0 Å². The van der Waals surface area contributed by atoms with E-state index < -0.39 is 11.6 Å². The van der Waals surface area contributed by atoms with Crippen LogP contribution in [0.3, 0.4) is 0 Å². The third kappa shape index (κ3) is 4.20. The van der Waals surface area contributed by atoms with Gasteiger partial charge in [-0.05, 0) is 53.1 Å². The average Bonchev–Trinajstić information content (AvgIpc) is 3.14. The fourth-order valence-corrected chi connectivity index (χ4v) is 3.25. The van der Waals surface area contributed by atoms with Crippen molar-refractivity contribution >= 4 is 11.0 Å². The van der Waals surface area contributed by atoms with Gasteiger partial charge in [-0.1, -0.05) is 29.4 Å². The Morgan fingerprint density at radius 1 is 0.897 bits per heavy atom. The zero-order valence-electron chi connectivity index (χ0n) is 15.5. The average molecular weight is 392 g/mol. The molecule has 0 unspecified atom stereocenters. The maximum atomic E-state index is 13.3. The van der Waals surface area contributed by atoms with Gasteiger partial charge in [0, 0.05) is 18.8 Å². The van der Waals surface area contributed by atoms with E-state index in [2.05, 4.69) is 15.5 Å². The van der Waals surface area contributed by atoms with E-state index in [0.29, 0.717) is 18.7 Å². The number of hydrogen-bond donors (Lipinski definition) is 1. The van der Waals surface area contributed by atoms with Crippen LogP contribution in [0.4, 0.5) is 8.78 Å². The highest BCUT2D eigenvalue weighted by molar-refractivity contribution is 5.78. The van der Waals surface area contributed by atoms with Crippen molar-refractivity contribution in [2.45, 2.75) is 19.6 Å². The maximum Gasteiger partial charge on any atom is 0.159 e. The van der Waals surface area contributed by atoms with Crippen LogP contribution < -0.4 is 5.32 Å². The summed E-state index contributed by atoms with van der Waals surface area (Å²) in [5.41, 5.74) is 5.25. The van der Waals surface area contributed by atoms with Crippen LogP contribution >= 0.6 is 0 Å². The lowest BCUT2D eigenvalue weighted by Crippen LogP contribution is -2.13. The highest BCUT2D eigenvalue weighted by Gasteiger charge is 2.07. The molecule has 0 radical (unpaired) electrons. The molecule has 4 aromatic rings. The monoisotopic (exact) mass is 392 g/mol. The first-order chi connectivity index (χ1) is 14.1. The second-order valence-electron chi connectivity index (χ2n) is 6.75. The predicted molar refractivity (Wildman–Crippen MR) is 107 cm³/mol. The minimum absolute atomic E-state index is 0.127. The Labute approximate surface area is 166 Å². The van der Waals surface area contributed by atoms with Gasteiger partial charge < -0.3 is 5.32 Å². The van der Waals surface area contributed by atoms with Gasteiger partial charge in [-0.15, -0.1) is 0 Å². The molecule has 7 heteroatoms.